The summed E-state index contributed by atoms with van der Waals surface area (Å²) in [7, 11) is 0. The number of nitrogens with zero attached hydrogens (tertiary/aromatic N) is 1. The van der Waals surface area contributed by atoms with Gasteiger partial charge in [-0.15, -0.1) is 0 Å². The molecule has 6 heteroatoms. The van der Waals surface area contributed by atoms with Gasteiger partial charge in [0, 0.05) is 18.1 Å². The maximum absolute atomic E-state index is 12.4. The van der Waals surface area contributed by atoms with E-state index in [-0.39, 0.29) is 11.8 Å². The molecule has 0 radical (unpaired) electrons. The smallest absolute Gasteiger partial charge is 0.319 e. The van der Waals surface area contributed by atoms with Crippen LogP contribution in [0.1, 0.15) is 37.4 Å². The van der Waals surface area contributed by atoms with Gasteiger partial charge in [0.15, 0.2) is 0 Å². The fraction of sp³-hybridized carbons (Fsp3) is 0.529. The third kappa shape index (κ3) is 3.08. The van der Waals surface area contributed by atoms with Crippen LogP contribution in [0.4, 0.5) is 0 Å². The number of piperidine rings is 1. The van der Waals surface area contributed by atoms with Gasteiger partial charge in [0.2, 0.25) is 5.91 Å². The molecule has 2 N–H and O–H groups in total. The number of halogens is 1. The lowest BCUT2D eigenvalue weighted by atomic mass is 9.87. The molecule has 1 saturated heterocycles. The minimum atomic E-state index is -1.17. The summed E-state index contributed by atoms with van der Waals surface area (Å²) in [5.74, 6) is -1.20. The highest BCUT2D eigenvalue weighted by atomic mass is 35.5. The second kappa shape index (κ2) is 6.13. The zero-order valence-electron chi connectivity index (χ0n) is 12.7. The van der Waals surface area contributed by atoms with Crippen molar-refractivity contribution in [3.63, 3.8) is 0 Å². The normalized spacial score (nSPS) is 21.7. The first-order chi connectivity index (χ1) is 10.9. The van der Waals surface area contributed by atoms with Crippen LogP contribution < -0.4 is 0 Å². The van der Waals surface area contributed by atoms with E-state index in [4.69, 9.17) is 11.6 Å². The molecule has 23 heavy (non-hydrogen) atoms. The molecule has 5 nitrogen and oxygen atoms in total. The van der Waals surface area contributed by atoms with Crippen LogP contribution in [-0.4, -0.2) is 40.1 Å². The van der Waals surface area contributed by atoms with Crippen molar-refractivity contribution in [3.8, 4) is 0 Å². The summed E-state index contributed by atoms with van der Waals surface area (Å²) in [6.45, 7) is 1.01. The molecule has 0 bridgehead atoms. The van der Waals surface area contributed by atoms with Crippen LogP contribution in [0.2, 0.25) is 5.02 Å². The number of carboxylic acids is 1. The quantitative estimate of drug-likeness (QED) is 0.827. The van der Waals surface area contributed by atoms with E-state index in [0.717, 1.165) is 5.56 Å². The van der Waals surface area contributed by atoms with Gasteiger partial charge in [-0.25, -0.2) is 0 Å². The fourth-order valence-electron chi connectivity index (χ4n) is 3.30. The first-order valence-corrected chi connectivity index (χ1v) is 8.28. The Kier molecular flexibility index (Phi) is 4.34. The predicted molar refractivity (Wildman–Crippen MR) is 85.0 cm³/mol. The maximum atomic E-state index is 12.4. The summed E-state index contributed by atoms with van der Waals surface area (Å²) < 4.78 is 0. The van der Waals surface area contributed by atoms with E-state index in [1.54, 1.807) is 17.0 Å². The molecule has 124 valence electrons. The molecule has 3 rings (SSSR count). The molecule has 2 aliphatic rings. The molecule has 1 aliphatic heterocycles. The number of hydrogen-bond acceptors (Lipinski definition) is 3. The highest BCUT2D eigenvalue weighted by Gasteiger charge is 2.58. The van der Waals surface area contributed by atoms with Crippen LogP contribution in [0.15, 0.2) is 24.3 Å². The molecule has 1 saturated carbocycles. The lowest BCUT2D eigenvalue weighted by molar-refractivity contribution is -0.154. The third-order valence-electron chi connectivity index (χ3n) is 5.05. The van der Waals surface area contributed by atoms with E-state index in [9.17, 15) is 19.8 Å². The van der Waals surface area contributed by atoms with Crippen molar-refractivity contribution in [1.29, 1.82) is 0 Å². The largest absolute Gasteiger partial charge is 0.480 e. The SMILES string of the molecule is O=C(O)C1(C(=O)N2CCC(C(O)c3ccc(Cl)cc3)CC2)CC1. The van der Waals surface area contributed by atoms with E-state index in [1.165, 1.54) is 0 Å². The van der Waals surface area contributed by atoms with E-state index in [1.807, 2.05) is 12.1 Å². The van der Waals surface area contributed by atoms with Gasteiger partial charge in [-0.2, -0.15) is 0 Å². The van der Waals surface area contributed by atoms with Crippen molar-refractivity contribution in [2.45, 2.75) is 31.8 Å². The standard InChI is InChI=1S/C17H20ClNO4/c18-13-3-1-11(2-4-13)14(20)12-5-9-19(10-6-12)15(21)17(7-8-17)16(22)23/h1-4,12,14,20H,5-10H2,(H,22,23). The predicted octanol–water partition coefficient (Wildman–Crippen LogP) is 2.48. The number of rotatable bonds is 4. The van der Waals surface area contributed by atoms with Crippen LogP contribution in [0.5, 0.6) is 0 Å². The van der Waals surface area contributed by atoms with Crippen LogP contribution in [-0.2, 0) is 9.59 Å². The van der Waals surface area contributed by atoms with Gasteiger partial charge in [-0.3, -0.25) is 9.59 Å². The second-order valence-corrected chi connectivity index (χ2v) is 6.95. The van der Waals surface area contributed by atoms with Crippen molar-refractivity contribution < 1.29 is 19.8 Å². The van der Waals surface area contributed by atoms with E-state index in [0.29, 0.717) is 43.8 Å². The Morgan fingerprint density at radius 3 is 2.22 bits per heavy atom. The monoisotopic (exact) mass is 337 g/mol. The number of carbonyl (C=O) groups is 2. The van der Waals surface area contributed by atoms with Crippen molar-refractivity contribution in [1.82, 2.24) is 4.90 Å². The van der Waals surface area contributed by atoms with Gasteiger partial charge in [0.25, 0.3) is 0 Å². The van der Waals surface area contributed by atoms with Gasteiger partial charge in [-0.1, -0.05) is 23.7 Å². The van der Waals surface area contributed by atoms with Crippen molar-refractivity contribution in [2.75, 3.05) is 13.1 Å². The Morgan fingerprint density at radius 1 is 1.17 bits per heavy atom. The molecular formula is C17H20ClNO4. The second-order valence-electron chi connectivity index (χ2n) is 6.51. The number of carboxylic acid groups (broad SMARTS) is 1. The third-order valence-corrected chi connectivity index (χ3v) is 5.31. The molecule has 1 aliphatic carbocycles. The Labute approximate surface area is 139 Å². The Hall–Kier alpha value is -1.59. The molecule has 1 heterocycles. The van der Waals surface area contributed by atoms with Gasteiger partial charge in [0.05, 0.1) is 6.10 Å². The van der Waals surface area contributed by atoms with Gasteiger partial charge in [-0.05, 0) is 49.3 Å². The minimum absolute atomic E-state index is 0.0696. The average Bonchev–Trinajstić information content (AvgIpc) is 3.36. The van der Waals surface area contributed by atoms with Crippen molar-refractivity contribution >= 4 is 23.5 Å². The number of likely N-dealkylation sites (tertiary alicyclic amines) is 1. The van der Waals surface area contributed by atoms with Gasteiger partial charge in [0.1, 0.15) is 5.41 Å². The molecule has 1 aromatic rings. The average molecular weight is 338 g/mol. The number of carbonyl (C=O) groups excluding carboxylic acids is 1. The fourth-order valence-corrected chi connectivity index (χ4v) is 3.42. The molecule has 1 unspecified atom stereocenters. The molecule has 0 spiro atoms. The van der Waals surface area contributed by atoms with E-state index < -0.39 is 17.5 Å². The topological polar surface area (TPSA) is 77.8 Å². The molecule has 2 fully saturated rings. The first kappa shape index (κ1) is 16.3. The van der Waals surface area contributed by atoms with Gasteiger partial charge >= 0.3 is 5.97 Å². The Balaban J connectivity index is 1.59. The summed E-state index contributed by atoms with van der Waals surface area (Å²) in [5, 5.41) is 20.3. The molecule has 1 atom stereocenters. The Bertz CT molecular complexity index is 604. The zero-order valence-corrected chi connectivity index (χ0v) is 13.5. The number of amides is 1. The summed E-state index contributed by atoms with van der Waals surface area (Å²) in [4.78, 5) is 25.3. The number of benzene rings is 1. The number of hydrogen-bond donors (Lipinski definition) is 2. The summed E-state index contributed by atoms with van der Waals surface area (Å²) in [5.41, 5.74) is -0.342. The number of aliphatic carboxylic acids is 1. The first-order valence-electron chi connectivity index (χ1n) is 7.90. The lowest BCUT2D eigenvalue weighted by Gasteiger charge is -2.35. The molecule has 0 aromatic heterocycles. The van der Waals surface area contributed by atoms with Gasteiger partial charge < -0.3 is 15.1 Å². The molecule has 1 amide bonds. The summed E-state index contributed by atoms with van der Waals surface area (Å²) in [6.07, 6.45) is 1.64. The molecule has 1 aromatic carbocycles. The number of aliphatic hydroxyl groups is 1. The van der Waals surface area contributed by atoms with Crippen LogP contribution in [0, 0.1) is 11.3 Å². The van der Waals surface area contributed by atoms with Crippen LogP contribution in [0.25, 0.3) is 0 Å². The highest BCUT2D eigenvalue weighted by Crippen LogP contribution is 2.48. The van der Waals surface area contributed by atoms with E-state index >= 15 is 0 Å². The van der Waals surface area contributed by atoms with Crippen molar-refractivity contribution in [3.05, 3.63) is 34.9 Å². The lowest BCUT2D eigenvalue weighted by Crippen LogP contribution is -2.45. The van der Waals surface area contributed by atoms with Crippen LogP contribution in [0.3, 0.4) is 0 Å². The minimum Gasteiger partial charge on any atom is -0.480 e. The van der Waals surface area contributed by atoms with Crippen LogP contribution >= 0.6 is 11.6 Å². The maximum Gasteiger partial charge on any atom is 0.319 e. The van der Waals surface area contributed by atoms with E-state index in [2.05, 4.69) is 0 Å². The van der Waals surface area contributed by atoms with Crippen molar-refractivity contribution in [2.24, 2.45) is 11.3 Å². The molecular weight excluding hydrogens is 318 g/mol. The zero-order chi connectivity index (χ0) is 16.6. The number of aliphatic hydroxyl groups excluding tert-OH is 1. The summed E-state index contributed by atoms with van der Waals surface area (Å²) >= 11 is 5.86. The highest BCUT2D eigenvalue weighted by molar-refractivity contribution is 6.30. The summed E-state index contributed by atoms with van der Waals surface area (Å²) in [6, 6.07) is 7.13. The Morgan fingerprint density at radius 2 is 1.74 bits per heavy atom.